The van der Waals surface area contributed by atoms with Gasteiger partial charge < -0.3 is 36.5 Å². The van der Waals surface area contributed by atoms with Crippen molar-refractivity contribution in [2.45, 2.75) is 140 Å². The van der Waals surface area contributed by atoms with Crippen molar-refractivity contribution >= 4 is 5.97 Å². The van der Waals surface area contributed by atoms with Crippen LogP contribution in [0.15, 0.2) is 78.2 Å². The van der Waals surface area contributed by atoms with Crippen LogP contribution in [-0.4, -0.2) is 55.7 Å². The first-order valence-corrected chi connectivity index (χ1v) is 20.7. The monoisotopic (exact) mass is 730 g/mol. The van der Waals surface area contributed by atoms with Crippen LogP contribution in [-0.2, 0) is 24.1 Å². The Kier molecular flexibility index (Phi) is 15.7. The van der Waals surface area contributed by atoms with Crippen molar-refractivity contribution in [3.63, 3.8) is 0 Å². The Morgan fingerprint density at radius 1 is 0.943 bits per heavy atom. The van der Waals surface area contributed by atoms with Crippen LogP contribution < -0.4 is 11.1 Å². The highest BCUT2D eigenvalue weighted by atomic mass is 16.4. The molecule has 1 aromatic carbocycles. The van der Waals surface area contributed by atoms with E-state index in [0.29, 0.717) is 44.0 Å². The zero-order chi connectivity index (χ0) is 37.6. The molecule has 8 nitrogen and oxygen atoms in total. The third-order valence-electron chi connectivity index (χ3n) is 12.4. The topological polar surface area (TPSA) is 152 Å². The van der Waals surface area contributed by atoms with E-state index in [4.69, 9.17) is 5.73 Å². The summed E-state index contributed by atoms with van der Waals surface area (Å²) < 4.78 is 0. The van der Waals surface area contributed by atoms with Crippen LogP contribution in [0.25, 0.3) is 0 Å². The maximum atomic E-state index is 12.4. The number of aromatic amines is 1. The third-order valence-corrected chi connectivity index (χ3v) is 12.4. The van der Waals surface area contributed by atoms with E-state index >= 15 is 0 Å². The number of unbranched alkanes of at least 4 members (excludes halogenated alkanes) is 4. The summed E-state index contributed by atoms with van der Waals surface area (Å²) in [5, 5.41) is 47.5. The van der Waals surface area contributed by atoms with Crippen LogP contribution in [0.2, 0.25) is 0 Å². The number of aliphatic carboxylic acids is 1. The summed E-state index contributed by atoms with van der Waals surface area (Å²) >= 11 is 0. The number of hydrogen-bond acceptors (Lipinski definition) is 6. The van der Waals surface area contributed by atoms with Crippen LogP contribution >= 0.6 is 0 Å². The Balaban J connectivity index is 1.13. The summed E-state index contributed by atoms with van der Waals surface area (Å²) in [6.07, 6.45) is 22.3. The predicted octanol–water partition coefficient (Wildman–Crippen LogP) is 7.75. The standard InChI is InChI=1S/C45H67N3O5/c1-2-3-6-13-33-16-18-36(42(50)28-33)14-9-5-10-15-40(44(51)52)41(49)22-24-45(53)31-35(26-34-23-25-47-43(46)29-34)27-37(45)30-39-21-20-38(48-39)19-17-32-11-7-4-8-12-32/h4,7-8,11-12,16,18,20-21,23,29,33,35-37,40-42,47-50,53H,2-3,5-6,9-10,13-15,17,19,22,24-28,30-31,46H2,1H3,(H,51,52)/t33-,35-,36-,37+,40+,41-,42-,45+/m1/s1. The molecule has 2 heterocycles. The molecule has 2 aromatic rings. The second-order valence-corrected chi connectivity index (χ2v) is 16.6. The highest BCUT2D eigenvalue weighted by molar-refractivity contribution is 5.70. The molecule has 5 rings (SSSR count). The number of hydrogen-bond donors (Lipinski definition) is 7. The highest BCUT2D eigenvalue weighted by Crippen LogP contribution is 2.47. The highest BCUT2D eigenvalue weighted by Gasteiger charge is 2.46. The van der Waals surface area contributed by atoms with E-state index in [0.717, 1.165) is 69.9 Å². The predicted molar refractivity (Wildman–Crippen MR) is 213 cm³/mol. The Morgan fingerprint density at radius 2 is 1.74 bits per heavy atom. The molecule has 0 amide bonds. The lowest BCUT2D eigenvalue weighted by Gasteiger charge is -2.32. The van der Waals surface area contributed by atoms with E-state index in [9.17, 15) is 25.2 Å². The van der Waals surface area contributed by atoms with Crippen LogP contribution in [0.4, 0.5) is 0 Å². The maximum Gasteiger partial charge on any atom is 0.309 e. The van der Waals surface area contributed by atoms with Crippen molar-refractivity contribution in [1.29, 1.82) is 0 Å². The molecule has 1 aliphatic heterocycles. The van der Waals surface area contributed by atoms with Gasteiger partial charge in [0, 0.05) is 23.9 Å². The van der Waals surface area contributed by atoms with Gasteiger partial charge in [0.1, 0.15) is 0 Å². The molecule has 0 unspecified atom stereocenters. The fourth-order valence-electron chi connectivity index (χ4n) is 9.29. The zero-order valence-corrected chi connectivity index (χ0v) is 32.1. The molecule has 0 bridgehead atoms. The van der Waals surface area contributed by atoms with E-state index in [-0.39, 0.29) is 30.3 Å². The lowest BCUT2D eigenvalue weighted by Crippen LogP contribution is -2.37. The van der Waals surface area contributed by atoms with E-state index in [1.54, 1.807) is 0 Å². The molecule has 0 saturated heterocycles. The molecular weight excluding hydrogens is 663 g/mol. The minimum absolute atomic E-state index is 0.0111. The van der Waals surface area contributed by atoms with Crippen molar-refractivity contribution in [1.82, 2.24) is 10.3 Å². The second-order valence-electron chi connectivity index (χ2n) is 16.6. The number of aliphatic hydroxyl groups excluding tert-OH is 2. The fourth-order valence-corrected chi connectivity index (χ4v) is 9.29. The quantitative estimate of drug-likeness (QED) is 0.0484. The first-order chi connectivity index (χ1) is 25.6. The van der Waals surface area contributed by atoms with E-state index in [1.165, 1.54) is 36.1 Å². The van der Waals surface area contributed by atoms with E-state index in [1.807, 2.05) is 12.1 Å². The summed E-state index contributed by atoms with van der Waals surface area (Å²) in [7, 11) is 0. The van der Waals surface area contributed by atoms with Gasteiger partial charge in [-0.3, -0.25) is 4.79 Å². The summed E-state index contributed by atoms with van der Waals surface area (Å²) in [6, 6.07) is 14.8. The fraction of sp³-hybridized carbons (Fsp3) is 0.622. The maximum absolute atomic E-state index is 12.4. The number of carboxylic acids is 1. The molecule has 8 heteroatoms. The van der Waals surface area contributed by atoms with Gasteiger partial charge in [0.15, 0.2) is 0 Å². The number of aromatic nitrogens is 1. The first kappa shape index (κ1) is 40.8. The molecule has 53 heavy (non-hydrogen) atoms. The number of rotatable bonds is 22. The number of nitrogens with one attached hydrogen (secondary N) is 2. The van der Waals surface area contributed by atoms with Crippen molar-refractivity contribution < 1.29 is 25.2 Å². The van der Waals surface area contributed by atoms with Gasteiger partial charge in [0.2, 0.25) is 0 Å². The van der Waals surface area contributed by atoms with Gasteiger partial charge in [-0.15, -0.1) is 0 Å². The molecule has 2 aliphatic carbocycles. The number of allylic oxidation sites excluding steroid dienone is 3. The number of aryl methyl sites for hydroxylation is 2. The average Bonchev–Trinajstić information content (AvgIpc) is 3.72. The van der Waals surface area contributed by atoms with Gasteiger partial charge >= 0.3 is 5.97 Å². The van der Waals surface area contributed by atoms with Crippen molar-refractivity contribution in [3.05, 3.63) is 95.1 Å². The molecule has 1 aromatic heterocycles. The normalized spacial score (nSPS) is 26.8. The smallest absolute Gasteiger partial charge is 0.309 e. The molecule has 1 fully saturated rings. The number of carbonyl (C=O) groups is 1. The minimum Gasteiger partial charge on any atom is -0.481 e. The summed E-state index contributed by atoms with van der Waals surface area (Å²) in [5.74, 6) is -0.254. The molecular formula is C45H67N3O5. The largest absolute Gasteiger partial charge is 0.481 e. The van der Waals surface area contributed by atoms with Crippen LogP contribution in [0, 0.1) is 29.6 Å². The van der Waals surface area contributed by atoms with Gasteiger partial charge in [-0.25, -0.2) is 0 Å². The molecule has 1 saturated carbocycles. The molecule has 292 valence electrons. The number of H-pyrrole nitrogens is 1. The average molecular weight is 730 g/mol. The zero-order valence-electron chi connectivity index (χ0n) is 32.1. The van der Waals surface area contributed by atoms with Gasteiger partial charge in [-0.05, 0) is 124 Å². The van der Waals surface area contributed by atoms with Gasteiger partial charge in [-0.1, -0.05) is 94.0 Å². The van der Waals surface area contributed by atoms with Gasteiger partial charge in [0.25, 0.3) is 0 Å². The third kappa shape index (κ3) is 12.6. The molecule has 8 N–H and O–H groups in total. The lowest BCUT2D eigenvalue weighted by atomic mass is 9.80. The van der Waals surface area contributed by atoms with Crippen LogP contribution in [0.5, 0.6) is 0 Å². The molecule has 3 aliphatic rings. The first-order valence-electron chi connectivity index (χ1n) is 20.7. The second kappa shape index (κ2) is 20.4. The molecule has 0 radical (unpaired) electrons. The Labute approximate surface area is 318 Å². The van der Waals surface area contributed by atoms with Crippen LogP contribution in [0.3, 0.4) is 0 Å². The summed E-state index contributed by atoms with van der Waals surface area (Å²) in [6.45, 7) is 2.92. The number of dihydropyridines is 1. The van der Waals surface area contributed by atoms with Crippen molar-refractivity contribution in [2.75, 3.05) is 6.54 Å². The van der Waals surface area contributed by atoms with E-state index < -0.39 is 23.6 Å². The van der Waals surface area contributed by atoms with Gasteiger partial charge in [0.05, 0.1) is 29.5 Å². The van der Waals surface area contributed by atoms with Crippen molar-refractivity contribution in [3.8, 4) is 0 Å². The number of nitrogens with two attached hydrogens (primary N) is 1. The van der Waals surface area contributed by atoms with Crippen LogP contribution in [0.1, 0.15) is 120 Å². The number of aliphatic hydroxyl groups is 3. The minimum atomic E-state index is -1.02. The number of benzene rings is 1. The number of carboxylic acid groups (broad SMARTS) is 1. The lowest BCUT2D eigenvalue weighted by molar-refractivity contribution is -0.146. The Hall–Kier alpha value is -3.33. The SMILES string of the molecule is CCCCC[C@@H]1C=C[C@@H](CCCCC[C@H](C(=O)O)[C@H](O)CC[C@]2(O)C[C@H](CC3=CCNC(N)=C3)C[C@H]2Cc2ccc(CCc3ccccc3)[nH]2)[C@H](O)C1. The van der Waals surface area contributed by atoms with Gasteiger partial charge in [-0.2, -0.15) is 0 Å². The Morgan fingerprint density at radius 3 is 2.49 bits per heavy atom. The summed E-state index contributed by atoms with van der Waals surface area (Å²) in [4.78, 5) is 16.0. The molecule has 8 atom stereocenters. The molecule has 0 spiro atoms. The Bertz CT molecular complexity index is 1500. The van der Waals surface area contributed by atoms with Crippen molar-refractivity contribution in [2.24, 2.45) is 35.3 Å². The van der Waals surface area contributed by atoms with E-state index in [2.05, 4.69) is 71.9 Å². The summed E-state index contributed by atoms with van der Waals surface area (Å²) in [5.41, 5.74) is 9.83.